The zero-order valence-corrected chi connectivity index (χ0v) is 45.9. The molecule has 1 atom stereocenters. The van der Waals surface area contributed by atoms with Gasteiger partial charge in [-0.2, -0.15) is 0 Å². The summed E-state index contributed by atoms with van der Waals surface area (Å²) in [6, 6.07) is 68.2. The second kappa shape index (κ2) is 24.9. The van der Waals surface area contributed by atoms with E-state index in [1.807, 2.05) is 18.2 Å². The molecule has 0 unspecified atom stereocenters. The van der Waals surface area contributed by atoms with Crippen LogP contribution in [0.15, 0.2) is 194 Å². The normalized spacial score (nSPS) is 14.0. The van der Waals surface area contributed by atoms with Gasteiger partial charge in [-0.05, 0) is 72.2 Å². The summed E-state index contributed by atoms with van der Waals surface area (Å²) in [7, 11) is -2.21. The third-order valence-corrected chi connectivity index (χ3v) is 17.2. The van der Waals surface area contributed by atoms with Crippen LogP contribution in [-0.4, -0.2) is 45.4 Å². The molecular formula is C59H71N3OSi2Zn. The van der Waals surface area contributed by atoms with Crippen LogP contribution in [-0.2, 0) is 44.5 Å². The van der Waals surface area contributed by atoms with E-state index in [9.17, 15) is 0 Å². The summed E-state index contributed by atoms with van der Waals surface area (Å²) in [5, 5.41) is 15.2. The molecule has 1 aliphatic rings. The largest absolute Gasteiger partial charge is 2.00 e. The Balaban J connectivity index is 0.000000408. The zero-order chi connectivity index (χ0) is 46.3. The number of hydrogen-bond acceptors (Lipinski definition) is 3. The minimum Gasteiger partial charge on any atom is -0.872 e. The van der Waals surface area contributed by atoms with Crippen molar-refractivity contribution >= 4 is 16.5 Å². The van der Waals surface area contributed by atoms with Crippen LogP contribution < -0.4 is 5.11 Å². The maximum absolute atomic E-state index is 15.2. The third kappa shape index (κ3) is 15.1. The van der Waals surface area contributed by atoms with Crippen molar-refractivity contribution in [3.63, 3.8) is 0 Å². The van der Waals surface area contributed by atoms with Crippen LogP contribution in [0.2, 0.25) is 39.3 Å². The van der Waals surface area contributed by atoms with Crippen molar-refractivity contribution in [1.29, 1.82) is 0 Å². The van der Waals surface area contributed by atoms with E-state index in [0.717, 1.165) is 59.6 Å². The van der Waals surface area contributed by atoms with E-state index in [1.54, 1.807) is 0 Å². The molecule has 338 valence electrons. The van der Waals surface area contributed by atoms with E-state index in [0.29, 0.717) is 12.6 Å². The van der Waals surface area contributed by atoms with Gasteiger partial charge in [0.1, 0.15) is 0 Å². The van der Waals surface area contributed by atoms with Gasteiger partial charge in [0.2, 0.25) is 0 Å². The second-order valence-electron chi connectivity index (χ2n) is 19.7. The van der Waals surface area contributed by atoms with Crippen LogP contribution in [0.1, 0.15) is 62.9 Å². The summed E-state index contributed by atoms with van der Waals surface area (Å²) in [4.78, 5) is 5.15. The molecule has 66 heavy (non-hydrogen) atoms. The predicted octanol–water partition coefficient (Wildman–Crippen LogP) is 14.1. The average molecular weight is 960 g/mol. The Kier molecular flexibility index (Phi) is 19.7. The molecule has 0 amide bonds. The molecule has 0 N–H and O–H groups in total. The number of benzene rings is 7. The Bertz CT molecular complexity index is 2340. The number of hydrogen-bond donors (Lipinski definition) is 0. The minimum absolute atomic E-state index is 0. The Morgan fingerprint density at radius 2 is 0.985 bits per heavy atom. The second-order valence-corrected chi connectivity index (χ2v) is 29.2. The fourth-order valence-electron chi connectivity index (χ4n) is 9.51. The summed E-state index contributed by atoms with van der Waals surface area (Å²) < 4.78 is 4.82. The monoisotopic (exact) mass is 957 g/mol. The quantitative estimate of drug-likeness (QED) is 0.0806. The molecule has 0 radical (unpaired) electrons. The Hall–Kier alpha value is -4.72. The van der Waals surface area contributed by atoms with Crippen molar-refractivity contribution in [2.45, 2.75) is 97.1 Å². The third-order valence-electron chi connectivity index (χ3n) is 11.8. The molecule has 0 spiro atoms. The van der Waals surface area contributed by atoms with Crippen molar-refractivity contribution in [3.8, 4) is 5.75 Å². The first-order valence-electron chi connectivity index (χ1n) is 23.5. The number of nitrogens with zero attached hydrogens (tertiary/aromatic N) is 3. The molecular weight excluding hydrogens is 888 g/mol. The van der Waals surface area contributed by atoms with E-state index in [-0.39, 0.29) is 25.2 Å². The molecule has 0 aromatic heterocycles. The molecule has 0 saturated carbocycles. The Morgan fingerprint density at radius 1 is 0.561 bits per heavy atom. The molecule has 0 aliphatic carbocycles. The summed E-state index contributed by atoms with van der Waals surface area (Å²) in [6.45, 7) is 22.4. The van der Waals surface area contributed by atoms with Crippen LogP contribution in [0.3, 0.4) is 0 Å². The summed E-state index contributed by atoms with van der Waals surface area (Å²) in [5.74, 6) is 0.118. The first kappa shape index (κ1) is 52.2. The van der Waals surface area contributed by atoms with E-state index in [4.69, 9.17) is 4.65 Å². The molecule has 7 aromatic rings. The molecule has 7 aromatic carbocycles. The first-order valence-corrected chi connectivity index (χ1v) is 30.4. The number of likely N-dealkylation sites (tertiary alicyclic amines) is 1. The predicted molar refractivity (Wildman–Crippen MR) is 281 cm³/mol. The Morgan fingerprint density at radius 3 is 1.39 bits per heavy atom. The van der Waals surface area contributed by atoms with Gasteiger partial charge in [-0.1, -0.05) is 267 Å². The molecule has 1 aliphatic heterocycles. The maximum atomic E-state index is 15.2. The first-order chi connectivity index (χ1) is 31.2. The molecule has 1 heterocycles. The van der Waals surface area contributed by atoms with Gasteiger partial charge in [-0.25, -0.2) is 0 Å². The molecule has 1 saturated heterocycles. The smallest absolute Gasteiger partial charge is 0.872 e. The van der Waals surface area contributed by atoms with E-state index < -0.39 is 21.9 Å². The number of rotatable bonds is 14. The van der Waals surface area contributed by atoms with Gasteiger partial charge in [0.25, 0.3) is 0 Å². The van der Waals surface area contributed by atoms with E-state index in [2.05, 4.69) is 239 Å². The standard InChI is InChI=1S/C46H46N2O.C7H8.C6H18NSi2.Zn/c1-36-30-39(34-47(32-37-18-7-2-8-19-37)35-43-28-17-29-48(43)33-38-20-9-3-10-21-38)45(49)44(31-36)46(40-22-11-4-12-23-40,41-24-13-5-14-25-41)42-26-15-6-16-27-42;1-7-5-3-2-4-6-7;1-8(2,3)7-9(4,5)6;/h2-16,18-27,30-31,43,49H,17,28-29,32-35H2,1H3;2-6H,1H3;1-6H3;/q;;-1;+2/p-1/t43-;;;/m1.../s1. The van der Waals surface area contributed by atoms with E-state index in [1.165, 1.54) is 29.5 Å². The average Bonchev–Trinajstić information content (AvgIpc) is 3.72. The minimum atomic E-state index is -1.11. The van der Waals surface area contributed by atoms with Crippen LogP contribution in [0.5, 0.6) is 5.75 Å². The Labute approximate surface area is 413 Å². The van der Waals surface area contributed by atoms with Gasteiger partial charge in [0, 0.05) is 32.2 Å². The maximum Gasteiger partial charge on any atom is 2.00 e. The van der Waals surface area contributed by atoms with Gasteiger partial charge in [0.05, 0.1) is 5.41 Å². The van der Waals surface area contributed by atoms with E-state index >= 15 is 5.11 Å². The van der Waals surface area contributed by atoms with Crippen molar-refractivity contribution in [2.75, 3.05) is 13.1 Å². The fourth-order valence-corrected chi connectivity index (χ4v) is 17.6. The molecule has 8 rings (SSSR count). The fraction of sp³-hybridized carbons (Fsp3) is 0.288. The van der Waals surface area contributed by atoms with Crippen LogP contribution in [0.25, 0.3) is 4.65 Å². The van der Waals surface area contributed by atoms with Gasteiger partial charge >= 0.3 is 19.5 Å². The number of aryl methyl sites for hydroxylation is 2. The molecule has 0 bridgehead atoms. The van der Waals surface area contributed by atoms with Crippen molar-refractivity contribution in [1.82, 2.24) is 9.80 Å². The molecule has 4 nitrogen and oxygen atoms in total. The summed E-state index contributed by atoms with van der Waals surface area (Å²) in [5.41, 5.74) is 9.19. The summed E-state index contributed by atoms with van der Waals surface area (Å²) in [6.07, 6.45) is 2.37. The van der Waals surface area contributed by atoms with Gasteiger partial charge in [-0.15, -0.1) is 0 Å². The SMILES string of the molecule is C[Si](C)(C)[N-][Si](C)(C)C.Cc1cc(CN(Cc2ccccc2)C[C@H]2CCCN2Cc2ccccc2)c([O-])c(C(c2ccccc2)(c2ccccc2)c2ccccc2)c1.Cc1ccccc1.[Zn+2]. The zero-order valence-electron chi connectivity index (χ0n) is 41.0. The summed E-state index contributed by atoms with van der Waals surface area (Å²) >= 11 is 0. The van der Waals surface area contributed by atoms with Crippen LogP contribution >= 0.6 is 0 Å². The van der Waals surface area contributed by atoms with Crippen molar-refractivity contribution < 1.29 is 24.6 Å². The molecule has 1 fully saturated rings. The van der Waals surface area contributed by atoms with Gasteiger partial charge in [-0.3, -0.25) is 9.80 Å². The van der Waals surface area contributed by atoms with Crippen LogP contribution in [0.4, 0.5) is 0 Å². The van der Waals surface area contributed by atoms with Gasteiger partial charge < -0.3 is 9.75 Å². The topological polar surface area (TPSA) is 43.6 Å². The van der Waals surface area contributed by atoms with Gasteiger partial charge in [0.15, 0.2) is 0 Å². The molecule has 7 heteroatoms. The van der Waals surface area contributed by atoms with Crippen LogP contribution in [0, 0.1) is 13.8 Å². The van der Waals surface area contributed by atoms with Crippen molar-refractivity contribution in [2.24, 2.45) is 0 Å². The van der Waals surface area contributed by atoms with Crippen molar-refractivity contribution in [3.05, 3.63) is 249 Å².